The predicted octanol–water partition coefficient (Wildman–Crippen LogP) is 0.373. The molecule has 14 nitrogen and oxygen atoms in total. The maximum atomic E-state index is 15.2. The summed E-state index contributed by atoms with van der Waals surface area (Å²) in [6.45, 7) is 0.234. The number of ether oxygens (including phenoxy) is 1. The summed E-state index contributed by atoms with van der Waals surface area (Å²) in [6, 6.07) is 0.499. The molecule has 0 radical (unpaired) electrons. The first-order chi connectivity index (χ1) is 18.1. The molecule has 2 aromatic rings. The first-order valence-corrected chi connectivity index (χ1v) is 11.4. The van der Waals surface area contributed by atoms with Crippen molar-refractivity contribution in [1.29, 1.82) is 0 Å². The van der Waals surface area contributed by atoms with E-state index < -0.39 is 47.7 Å². The van der Waals surface area contributed by atoms with E-state index in [0.29, 0.717) is 0 Å². The first kappa shape index (κ1) is 25.3. The van der Waals surface area contributed by atoms with Gasteiger partial charge in [-0.15, -0.1) is 5.10 Å². The summed E-state index contributed by atoms with van der Waals surface area (Å²) in [4.78, 5) is 42.2. The molecule has 1 saturated carbocycles. The maximum Gasteiger partial charge on any atom is 0.415 e. The summed E-state index contributed by atoms with van der Waals surface area (Å²) in [5.74, 6) is -3.44. The van der Waals surface area contributed by atoms with Gasteiger partial charge in [0.15, 0.2) is 17.2 Å². The number of H-pyrrole nitrogens is 1. The highest BCUT2D eigenvalue weighted by molar-refractivity contribution is 5.92. The van der Waals surface area contributed by atoms with Gasteiger partial charge in [-0.05, 0) is 0 Å². The monoisotopic (exact) mass is 542 g/mol. The van der Waals surface area contributed by atoms with Gasteiger partial charge in [-0.3, -0.25) is 20.0 Å². The molecule has 5 rings (SSSR count). The van der Waals surface area contributed by atoms with Crippen LogP contribution in [0.15, 0.2) is 12.1 Å². The highest BCUT2D eigenvalue weighted by Gasteiger charge is 2.64. The highest BCUT2D eigenvalue weighted by atomic mass is 19.3. The minimum Gasteiger partial charge on any atom is -0.438 e. The average Bonchev–Trinajstić information content (AvgIpc) is 3.27. The topological polar surface area (TPSA) is 174 Å². The second kappa shape index (κ2) is 9.51. The van der Waals surface area contributed by atoms with Crippen molar-refractivity contribution in [2.75, 3.05) is 53.6 Å². The van der Waals surface area contributed by atoms with Gasteiger partial charge >= 0.3 is 18.5 Å². The van der Waals surface area contributed by atoms with Crippen LogP contribution < -0.4 is 31.6 Å². The maximum absolute atomic E-state index is 15.2. The number of halogens is 4. The number of hydrazine groups is 1. The molecule has 6 N–H and O–H groups in total. The number of nitrogens with two attached hydrogens (primary N) is 1. The van der Waals surface area contributed by atoms with Gasteiger partial charge in [0.2, 0.25) is 5.95 Å². The molecule has 0 bridgehead atoms. The largest absolute Gasteiger partial charge is 0.438 e. The molecule has 1 aliphatic carbocycles. The van der Waals surface area contributed by atoms with E-state index in [2.05, 4.69) is 31.2 Å². The van der Waals surface area contributed by atoms with E-state index in [1.807, 2.05) is 0 Å². The molecule has 3 heterocycles. The van der Waals surface area contributed by atoms with Crippen LogP contribution in [-0.2, 0) is 9.53 Å². The van der Waals surface area contributed by atoms with Crippen molar-refractivity contribution >= 4 is 41.3 Å². The molecule has 0 unspecified atom stereocenters. The SMILES string of the molecule is Nc1nc(NC(=O)N2CCN(c3c(F)cc(N4C[C@]5(C[C@@H]5NC(=O)C(F)F)OC4=O)cc3F)CCN2)n[nH]1. The quantitative estimate of drug-likeness (QED) is 0.335. The van der Waals surface area contributed by atoms with Crippen LogP contribution in [0.5, 0.6) is 0 Å². The molecular formula is C20H22F4N10O4. The molecule has 2 atom stereocenters. The highest BCUT2D eigenvalue weighted by Crippen LogP contribution is 2.46. The Hall–Kier alpha value is -4.35. The number of benzene rings is 1. The zero-order chi connectivity index (χ0) is 27.2. The van der Waals surface area contributed by atoms with Crippen LogP contribution >= 0.6 is 0 Å². The minimum absolute atomic E-state index is 0.0116. The number of amides is 4. The molecule has 4 amide bonds. The molecule has 38 heavy (non-hydrogen) atoms. The summed E-state index contributed by atoms with van der Waals surface area (Å²) < 4.78 is 60.6. The number of aromatic amines is 1. The average molecular weight is 542 g/mol. The molecule has 204 valence electrons. The fourth-order valence-corrected chi connectivity index (χ4v) is 4.41. The number of anilines is 4. The molecular weight excluding hydrogens is 520 g/mol. The smallest absolute Gasteiger partial charge is 0.415 e. The van der Waals surface area contributed by atoms with Crippen molar-refractivity contribution < 1.29 is 36.7 Å². The lowest BCUT2D eigenvalue weighted by Crippen LogP contribution is -2.46. The second-order valence-electron chi connectivity index (χ2n) is 8.86. The third kappa shape index (κ3) is 4.81. The van der Waals surface area contributed by atoms with Gasteiger partial charge in [-0.2, -0.15) is 13.8 Å². The van der Waals surface area contributed by atoms with E-state index in [4.69, 9.17) is 10.5 Å². The van der Waals surface area contributed by atoms with Crippen LogP contribution in [0.4, 0.5) is 50.4 Å². The molecule has 2 saturated heterocycles. The number of aromatic nitrogens is 3. The van der Waals surface area contributed by atoms with Gasteiger partial charge in [-0.25, -0.2) is 28.9 Å². The summed E-state index contributed by atoms with van der Waals surface area (Å²) in [6.07, 6.45) is -4.04. The van der Waals surface area contributed by atoms with Crippen molar-refractivity contribution in [1.82, 2.24) is 30.9 Å². The fraction of sp³-hybridized carbons (Fsp3) is 0.450. The molecule has 1 spiro atoms. The number of nitrogen functional groups attached to an aromatic ring is 1. The number of alkyl halides is 2. The summed E-state index contributed by atoms with van der Waals surface area (Å²) >= 11 is 0. The second-order valence-corrected chi connectivity index (χ2v) is 8.86. The number of hydrogen-bond donors (Lipinski definition) is 5. The van der Waals surface area contributed by atoms with E-state index in [-0.39, 0.29) is 62.4 Å². The van der Waals surface area contributed by atoms with E-state index in [0.717, 1.165) is 17.0 Å². The third-order valence-electron chi connectivity index (χ3n) is 6.35. The van der Waals surface area contributed by atoms with E-state index in [9.17, 15) is 23.2 Å². The van der Waals surface area contributed by atoms with Gasteiger partial charge in [0.25, 0.3) is 11.9 Å². The fourth-order valence-electron chi connectivity index (χ4n) is 4.41. The molecule has 3 fully saturated rings. The standard InChI is InChI=1S/C20H22F4N10O4/c21-10-5-9(33-8-20(38-19(33)37)7-12(20)27-15(35)14(23)24)6-11(22)13(10)32-2-1-26-34(4-3-32)18(36)29-17-28-16(25)30-31-17/h5-6,12,14,26H,1-4,7-8H2,(H,27,35)(H4,25,28,29,30,31,36)/t12-,20-/m0/s1. The summed E-state index contributed by atoms with van der Waals surface area (Å²) in [5.41, 5.74) is 6.55. The van der Waals surface area contributed by atoms with Crippen LogP contribution in [0.1, 0.15) is 6.42 Å². The van der Waals surface area contributed by atoms with Crippen molar-refractivity contribution in [2.24, 2.45) is 0 Å². The van der Waals surface area contributed by atoms with Gasteiger partial charge in [-0.1, -0.05) is 0 Å². The Morgan fingerprint density at radius 3 is 2.61 bits per heavy atom. The van der Waals surface area contributed by atoms with Gasteiger partial charge in [0.1, 0.15) is 5.69 Å². The number of nitrogens with zero attached hydrogens (tertiary/aromatic N) is 5. The number of carbonyl (C=O) groups excluding carboxylic acids is 3. The molecule has 2 aliphatic heterocycles. The predicted molar refractivity (Wildman–Crippen MR) is 122 cm³/mol. The van der Waals surface area contributed by atoms with Gasteiger partial charge in [0.05, 0.1) is 24.8 Å². The lowest BCUT2D eigenvalue weighted by molar-refractivity contribution is -0.132. The molecule has 18 heteroatoms. The minimum atomic E-state index is -3.22. The molecule has 3 aliphatic rings. The molecule has 1 aromatic carbocycles. The summed E-state index contributed by atoms with van der Waals surface area (Å²) in [5, 5.41) is 11.8. The van der Waals surface area contributed by atoms with Crippen LogP contribution in [0.25, 0.3) is 0 Å². The Kier molecular flexibility index (Phi) is 6.33. The Morgan fingerprint density at radius 1 is 1.21 bits per heavy atom. The van der Waals surface area contributed by atoms with Crippen molar-refractivity contribution in [3.05, 3.63) is 23.8 Å². The van der Waals surface area contributed by atoms with Crippen LogP contribution in [0, 0.1) is 11.6 Å². The Morgan fingerprint density at radius 2 is 1.95 bits per heavy atom. The van der Waals surface area contributed by atoms with Gasteiger partial charge in [0, 0.05) is 38.2 Å². The van der Waals surface area contributed by atoms with Crippen LogP contribution in [-0.4, -0.2) is 89.0 Å². The van der Waals surface area contributed by atoms with Crippen molar-refractivity contribution in [3.8, 4) is 0 Å². The van der Waals surface area contributed by atoms with Gasteiger partial charge < -0.3 is 20.7 Å². The zero-order valence-corrected chi connectivity index (χ0v) is 19.5. The number of urea groups is 1. The first-order valence-electron chi connectivity index (χ1n) is 11.4. The number of nitrogens with one attached hydrogen (secondary N) is 4. The Labute approximate surface area is 211 Å². The van der Waals surface area contributed by atoms with Crippen molar-refractivity contribution in [2.45, 2.75) is 24.5 Å². The number of hydrogen-bond acceptors (Lipinski definition) is 9. The zero-order valence-electron chi connectivity index (χ0n) is 19.5. The Balaban J connectivity index is 1.24. The normalized spacial score (nSPS) is 23.0. The molecule has 1 aromatic heterocycles. The lowest BCUT2D eigenvalue weighted by Gasteiger charge is -2.25. The van der Waals surface area contributed by atoms with E-state index in [1.165, 1.54) is 9.91 Å². The van der Waals surface area contributed by atoms with Crippen LogP contribution in [0.3, 0.4) is 0 Å². The number of carbonyl (C=O) groups is 3. The Bertz CT molecular complexity index is 1260. The van der Waals surface area contributed by atoms with E-state index in [1.54, 1.807) is 0 Å². The number of rotatable bonds is 5. The van der Waals surface area contributed by atoms with Crippen molar-refractivity contribution in [3.63, 3.8) is 0 Å². The van der Waals surface area contributed by atoms with Crippen LogP contribution in [0.2, 0.25) is 0 Å². The third-order valence-corrected chi connectivity index (χ3v) is 6.35. The lowest BCUT2D eigenvalue weighted by atomic mass is 10.2. The summed E-state index contributed by atoms with van der Waals surface area (Å²) in [7, 11) is 0. The van der Waals surface area contributed by atoms with E-state index >= 15 is 8.78 Å².